The Morgan fingerprint density at radius 3 is 2.90 bits per heavy atom. The lowest BCUT2D eigenvalue weighted by Crippen LogP contribution is -2.26. The van der Waals surface area contributed by atoms with Gasteiger partial charge in [-0.2, -0.15) is 0 Å². The number of nitrogens with zero attached hydrogens (tertiary/aromatic N) is 1. The summed E-state index contributed by atoms with van der Waals surface area (Å²) in [5, 5.41) is 3.61. The van der Waals surface area contributed by atoms with Crippen molar-refractivity contribution < 1.29 is 9.53 Å². The van der Waals surface area contributed by atoms with Crippen LogP contribution in [-0.2, 0) is 24.1 Å². The third kappa shape index (κ3) is 4.66. The summed E-state index contributed by atoms with van der Waals surface area (Å²) in [4.78, 5) is 34.9. The lowest BCUT2D eigenvalue weighted by molar-refractivity contribution is -0.116. The third-order valence-corrected chi connectivity index (χ3v) is 7.28. The van der Waals surface area contributed by atoms with Gasteiger partial charge in [-0.25, -0.2) is 4.98 Å². The van der Waals surface area contributed by atoms with Gasteiger partial charge in [0, 0.05) is 29.5 Å². The molecule has 0 spiro atoms. The van der Waals surface area contributed by atoms with E-state index in [1.807, 2.05) is 18.2 Å². The molecule has 0 saturated carbocycles. The quantitative estimate of drug-likeness (QED) is 0.603. The Labute approximate surface area is 186 Å². The largest absolute Gasteiger partial charge is 0.497 e. The van der Waals surface area contributed by atoms with Gasteiger partial charge in [0.25, 0.3) is 5.56 Å². The Bertz CT molecular complexity index is 1170. The minimum absolute atomic E-state index is 0.0834. The number of rotatable bonds is 5. The smallest absolute Gasteiger partial charge is 0.259 e. The zero-order valence-electron chi connectivity index (χ0n) is 18.5. The zero-order valence-corrected chi connectivity index (χ0v) is 19.3. The minimum Gasteiger partial charge on any atom is -0.497 e. The predicted octanol–water partition coefficient (Wildman–Crippen LogP) is 4.72. The number of fused-ring (bicyclic) bond motifs is 3. The van der Waals surface area contributed by atoms with Crippen LogP contribution in [0.5, 0.6) is 5.75 Å². The summed E-state index contributed by atoms with van der Waals surface area (Å²) in [5.74, 6) is 1.73. The normalized spacial score (nSPS) is 16.2. The molecule has 6 nitrogen and oxygen atoms in total. The molecule has 1 aliphatic rings. The lowest BCUT2D eigenvalue weighted by atomic mass is 9.72. The van der Waals surface area contributed by atoms with Gasteiger partial charge in [-0.15, -0.1) is 11.3 Å². The van der Waals surface area contributed by atoms with Crippen molar-refractivity contribution in [3.63, 3.8) is 0 Å². The van der Waals surface area contributed by atoms with Crippen LogP contribution in [0.3, 0.4) is 0 Å². The maximum absolute atomic E-state index is 12.8. The van der Waals surface area contributed by atoms with E-state index < -0.39 is 0 Å². The molecule has 0 bridgehead atoms. The number of carbonyl (C=O) groups excluding carboxylic acids is 1. The highest BCUT2D eigenvalue weighted by molar-refractivity contribution is 7.18. The Kier molecular flexibility index (Phi) is 5.88. The number of carbonyl (C=O) groups is 1. The molecule has 2 aromatic heterocycles. The van der Waals surface area contributed by atoms with Gasteiger partial charge in [0.1, 0.15) is 16.4 Å². The first kappa shape index (κ1) is 21.6. The summed E-state index contributed by atoms with van der Waals surface area (Å²) in [6.45, 7) is 6.86. The second-order valence-corrected chi connectivity index (χ2v) is 10.4. The maximum Gasteiger partial charge on any atom is 0.259 e. The van der Waals surface area contributed by atoms with Crippen LogP contribution < -0.4 is 15.6 Å². The molecule has 4 rings (SSSR count). The number of ether oxygens (including phenoxy) is 1. The van der Waals surface area contributed by atoms with E-state index >= 15 is 0 Å². The number of thiophene rings is 1. The van der Waals surface area contributed by atoms with E-state index in [9.17, 15) is 9.59 Å². The Hall–Kier alpha value is -2.67. The summed E-state index contributed by atoms with van der Waals surface area (Å²) in [6, 6.07) is 7.23. The number of aromatic nitrogens is 2. The Morgan fingerprint density at radius 1 is 1.35 bits per heavy atom. The van der Waals surface area contributed by atoms with E-state index in [-0.39, 0.29) is 23.3 Å². The first-order chi connectivity index (χ1) is 14.7. The van der Waals surface area contributed by atoms with Crippen LogP contribution in [0.25, 0.3) is 10.2 Å². The van der Waals surface area contributed by atoms with Crippen molar-refractivity contribution in [2.24, 2.45) is 11.3 Å². The van der Waals surface area contributed by atoms with E-state index in [0.717, 1.165) is 29.5 Å². The molecular formula is C24H29N3O3S. The molecule has 0 saturated heterocycles. The molecule has 1 atom stereocenters. The van der Waals surface area contributed by atoms with E-state index in [4.69, 9.17) is 9.72 Å². The van der Waals surface area contributed by atoms with Gasteiger partial charge in [-0.05, 0) is 48.3 Å². The predicted molar refractivity (Wildman–Crippen MR) is 125 cm³/mol. The maximum atomic E-state index is 12.8. The average molecular weight is 440 g/mol. The summed E-state index contributed by atoms with van der Waals surface area (Å²) < 4.78 is 5.18. The number of hydrogen-bond donors (Lipinski definition) is 2. The number of benzene rings is 1. The highest BCUT2D eigenvalue weighted by Crippen LogP contribution is 2.41. The van der Waals surface area contributed by atoms with Crippen LogP contribution in [0.15, 0.2) is 29.1 Å². The molecular weight excluding hydrogens is 410 g/mol. The number of hydrogen-bond acceptors (Lipinski definition) is 5. The number of aryl methyl sites for hydroxylation is 2. The molecule has 0 unspecified atom stereocenters. The highest BCUT2D eigenvalue weighted by Gasteiger charge is 2.31. The number of aromatic amines is 1. The molecule has 1 aliphatic carbocycles. The van der Waals surface area contributed by atoms with Gasteiger partial charge in [0.15, 0.2) is 0 Å². The number of nitrogens with one attached hydrogen (secondary N) is 2. The molecule has 0 fully saturated rings. The van der Waals surface area contributed by atoms with Crippen molar-refractivity contribution in [3.8, 4) is 5.75 Å². The van der Waals surface area contributed by atoms with Crippen LogP contribution >= 0.6 is 11.3 Å². The van der Waals surface area contributed by atoms with Crippen molar-refractivity contribution in [2.45, 2.75) is 52.9 Å². The average Bonchev–Trinajstić information content (AvgIpc) is 3.10. The number of methoxy groups -OCH3 is 1. The van der Waals surface area contributed by atoms with E-state index in [1.54, 1.807) is 24.5 Å². The van der Waals surface area contributed by atoms with E-state index in [2.05, 4.69) is 31.1 Å². The van der Waals surface area contributed by atoms with Crippen molar-refractivity contribution in [2.75, 3.05) is 12.4 Å². The fraction of sp³-hybridized carbons (Fsp3) is 0.458. The van der Waals surface area contributed by atoms with Crippen molar-refractivity contribution in [1.82, 2.24) is 9.97 Å². The van der Waals surface area contributed by atoms with Gasteiger partial charge < -0.3 is 15.0 Å². The van der Waals surface area contributed by atoms with Gasteiger partial charge in [-0.1, -0.05) is 26.8 Å². The fourth-order valence-corrected chi connectivity index (χ4v) is 5.56. The lowest BCUT2D eigenvalue weighted by Gasteiger charge is -2.33. The molecule has 2 heterocycles. The topological polar surface area (TPSA) is 84.1 Å². The Morgan fingerprint density at radius 2 is 2.16 bits per heavy atom. The third-order valence-electron chi connectivity index (χ3n) is 6.14. The first-order valence-electron chi connectivity index (χ1n) is 10.7. The Balaban J connectivity index is 1.48. The second-order valence-electron chi connectivity index (χ2n) is 9.28. The molecule has 2 N–H and O–H groups in total. The molecule has 3 aromatic rings. The number of H-pyrrole nitrogens is 1. The SMILES string of the molecule is COc1cccc(NC(=O)CCc2nc3sc4c(c3c(=O)[nH]2)CC[C@@H](C(C)(C)C)C4)c1. The first-order valence-corrected chi connectivity index (χ1v) is 11.5. The minimum atomic E-state index is -0.130. The van der Waals surface area contributed by atoms with Crippen LogP contribution in [0.4, 0.5) is 5.69 Å². The van der Waals surface area contributed by atoms with Crippen LogP contribution in [0.1, 0.15) is 49.9 Å². The molecule has 0 radical (unpaired) electrons. The van der Waals surface area contributed by atoms with Crippen molar-refractivity contribution >= 4 is 33.1 Å². The van der Waals surface area contributed by atoms with Crippen LogP contribution in [0, 0.1) is 11.3 Å². The van der Waals surface area contributed by atoms with Gasteiger partial charge in [-0.3, -0.25) is 9.59 Å². The number of amides is 1. The zero-order chi connectivity index (χ0) is 22.2. The van der Waals surface area contributed by atoms with Crippen molar-refractivity contribution in [1.29, 1.82) is 0 Å². The summed E-state index contributed by atoms with van der Waals surface area (Å²) in [6.07, 6.45) is 3.67. The highest BCUT2D eigenvalue weighted by atomic mass is 32.1. The molecule has 1 aromatic carbocycles. The van der Waals surface area contributed by atoms with Crippen LogP contribution in [-0.4, -0.2) is 23.0 Å². The van der Waals surface area contributed by atoms with E-state index in [0.29, 0.717) is 29.6 Å². The number of anilines is 1. The summed E-state index contributed by atoms with van der Waals surface area (Å²) in [5.41, 5.74) is 2.03. The summed E-state index contributed by atoms with van der Waals surface area (Å²) >= 11 is 1.64. The molecule has 164 valence electrons. The molecule has 31 heavy (non-hydrogen) atoms. The molecule has 0 aliphatic heterocycles. The standard InChI is InChI=1S/C24H29N3O3S/c1-24(2,3)14-8-9-17-18(12-14)31-23-21(17)22(29)26-19(27-23)10-11-20(28)25-15-6-5-7-16(13-15)30-4/h5-7,13-14H,8-12H2,1-4H3,(H,25,28)(H,26,27,29)/t14-/m1/s1. The van der Waals surface area contributed by atoms with Crippen LogP contribution in [0.2, 0.25) is 0 Å². The van der Waals surface area contributed by atoms with Gasteiger partial charge >= 0.3 is 0 Å². The monoisotopic (exact) mass is 439 g/mol. The van der Waals surface area contributed by atoms with Gasteiger partial charge in [0.2, 0.25) is 5.91 Å². The van der Waals surface area contributed by atoms with Crippen molar-refractivity contribution in [3.05, 3.63) is 50.9 Å². The molecule has 7 heteroatoms. The fourth-order valence-electron chi connectivity index (χ4n) is 4.24. The second kappa shape index (κ2) is 8.46. The summed E-state index contributed by atoms with van der Waals surface area (Å²) in [7, 11) is 1.59. The van der Waals surface area contributed by atoms with E-state index in [1.165, 1.54) is 10.4 Å². The molecule has 1 amide bonds. The van der Waals surface area contributed by atoms with Gasteiger partial charge in [0.05, 0.1) is 12.5 Å².